The molecule has 0 spiro atoms. The van der Waals surface area contributed by atoms with E-state index >= 15 is 0 Å². The Morgan fingerprint density at radius 3 is 2.77 bits per heavy atom. The summed E-state index contributed by atoms with van der Waals surface area (Å²) in [7, 11) is 1.95. The number of rotatable bonds is 4. The number of nitrogens with zero attached hydrogens (tertiary/aromatic N) is 4. The minimum Gasteiger partial charge on any atom is -0.368 e. The molecule has 1 saturated heterocycles. The van der Waals surface area contributed by atoms with Gasteiger partial charge in [0.05, 0.1) is 6.61 Å². The molecule has 0 amide bonds. The van der Waals surface area contributed by atoms with Crippen molar-refractivity contribution in [2.75, 3.05) is 19.7 Å². The molecule has 1 aliphatic heterocycles. The van der Waals surface area contributed by atoms with Crippen LogP contribution in [0.3, 0.4) is 0 Å². The summed E-state index contributed by atoms with van der Waals surface area (Å²) in [5.41, 5.74) is 1.30. The molecule has 3 rings (SSSR count). The first-order chi connectivity index (χ1) is 10.7. The van der Waals surface area contributed by atoms with E-state index in [0.29, 0.717) is 12.6 Å². The maximum absolute atomic E-state index is 6.00. The molecule has 0 unspecified atom stereocenters. The number of morpholine rings is 1. The fourth-order valence-electron chi connectivity index (χ4n) is 3.08. The second kappa shape index (κ2) is 6.77. The first-order valence-corrected chi connectivity index (χ1v) is 8.02. The van der Waals surface area contributed by atoms with E-state index < -0.39 is 0 Å². The lowest BCUT2D eigenvalue weighted by Crippen LogP contribution is -2.41. The molecule has 0 aliphatic carbocycles. The van der Waals surface area contributed by atoms with Gasteiger partial charge in [0.15, 0.2) is 5.82 Å². The summed E-state index contributed by atoms with van der Waals surface area (Å²) in [5.74, 6) is 0.885. The zero-order valence-corrected chi connectivity index (χ0v) is 13.7. The molecule has 0 radical (unpaired) electrons. The maximum Gasteiger partial charge on any atom is 0.163 e. The van der Waals surface area contributed by atoms with E-state index in [9.17, 15) is 0 Å². The van der Waals surface area contributed by atoms with Crippen LogP contribution in [0.25, 0.3) is 0 Å². The summed E-state index contributed by atoms with van der Waals surface area (Å²) in [5, 5.41) is 8.92. The molecule has 0 bridgehead atoms. The van der Waals surface area contributed by atoms with Crippen LogP contribution in [0.2, 0.25) is 5.02 Å². The highest BCUT2D eigenvalue weighted by molar-refractivity contribution is 6.30. The summed E-state index contributed by atoms with van der Waals surface area (Å²) in [4.78, 5) is 2.46. The van der Waals surface area contributed by atoms with Crippen LogP contribution in [0.1, 0.15) is 36.9 Å². The number of aryl methyl sites for hydroxylation is 1. The Bertz CT molecular complexity index is 613. The largest absolute Gasteiger partial charge is 0.368 e. The van der Waals surface area contributed by atoms with Crippen LogP contribution < -0.4 is 0 Å². The minimum absolute atomic E-state index is 0.0254. The van der Waals surface area contributed by atoms with Gasteiger partial charge in [-0.2, -0.15) is 0 Å². The lowest BCUT2D eigenvalue weighted by atomic mass is 10.0. The number of halogens is 1. The molecular formula is C16H21ClN4O. The Hall–Kier alpha value is -1.43. The number of hydrogen-bond donors (Lipinski definition) is 0. The molecule has 2 atom stereocenters. The van der Waals surface area contributed by atoms with Crippen molar-refractivity contribution in [1.82, 2.24) is 19.7 Å². The summed E-state index contributed by atoms with van der Waals surface area (Å²) < 4.78 is 7.82. The molecule has 5 nitrogen and oxygen atoms in total. The van der Waals surface area contributed by atoms with E-state index in [4.69, 9.17) is 16.3 Å². The summed E-state index contributed by atoms with van der Waals surface area (Å²) in [6, 6.07) is 8.52. The van der Waals surface area contributed by atoms with E-state index in [1.165, 1.54) is 5.56 Å². The predicted octanol–water partition coefficient (Wildman–Crippen LogP) is 2.99. The Balaban J connectivity index is 1.77. The molecule has 6 heteroatoms. The van der Waals surface area contributed by atoms with Crippen molar-refractivity contribution in [3.05, 3.63) is 47.0 Å². The third kappa shape index (κ3) is 3.16. The van der Waals surface area contributed by atoms with Crippen molar-refractivity contribution >= 4 is 11.6 Å². The molecule has 1 aromatic carbocycles. The van der Waals surface area contributed by atoms with Crippen LogP contribution in [0.5, 0.6) is 0 Å². The quantitative estimate of drug-likeness (QED) is 0.868. The first-order valence-electron chi connectivity index (χ1n) is 7.64. The average Bonchev–Trinajstić information content (AvgIpc) is 2.96. The van der Waals surface area contributed by atoms with E-state index in [1.54, 1.807) is 6.33 Å². The molecule has 2 aromatic rings. The van der Waals surface area contributed by atoms with Crippen LogP contribution in [-0.2, 0) is 11.8 Å². The van der Waals surface area contributed by atoms with Crippen LogP contribution in [-0.4, -0.2) is 39.4 Å². The number of hydrogen-bond acceptors (Lipinski definition) is 4. The molecule has 2 heterocycles. The second-order valence-electron chi connectivity index (χ2n) is 5.63. The molecule has 1 aliphatic rings. The van der Waals surface area contributed by atoms with E-state index in [-0.39, 0.29) is 6.10 Å². The molecule has 1 fully saturated rings. The highest BCUT2D eigenvalue weighted by atomic mass is 35.5. The zero-order valence-electron chi connectivity index (χ0n) is 12.9. The first kappa shape index (κ1) is 15.5. The number of aromatic nitrogens is 3. The van der Waals surface area contributed by atoms with E-state index in [2.05, 4.69) is 34.2 Å². The van der Waals surface area contributed by atoms with Gasteiger partial charge in [0, 0.05) is 31.2 Å². The van der Waals surface area contributed by atoms with E-state index in [0.717, 1.165) is 30.4 Å². The van der Waals surface area contributed by atoms with Gasteiger partial charge in [-0.05, 0) is 24.1 Å². The second-order valence-corrected chi connectivity index (χ2v) is 6.07. The van der Waals surface area contributed by atoms with Crippen LogP contribution in [0, 0.1) is 0 Å². The van der Waals surface area contributed by atoms with Gasteiger partial charge < -0.3 is 9.30 Å². The number of ether oxygens (including phenoxy) is 1. The van der Waals surface area contributed by atoms with Gasteiger partial charge in [-0.1, -0.05) is 30.7 Å². The molecule has 1 aromatic heterocycles. The molecule has 118 valence electrons. The van der Waals surface area contributed by atoms with Crippen LogP contribution >= 0.6 is 11.6 Å². The maximum atomic E-state index is 6.00. The van der Waals surface area contributed by atoms with Crippen molar-refractivity contribution in [3.8, 4) is 0 Å². The van der Waals surface area contributed by atoms with Crippen molar-refractivity contribution < 1.29 is 4.74 Å². The fourth-order valence-corrected chi connectivity index (χ4v) is 3.21. The van der Waals surface area contributed by atoms with Crippen molar-refractivity contribution in [3.63, 3.8) is 0 Å². The van der Waals surface area contributed by atoms with E-state index in [1.807, 2.05) is 23.7 Å². The van der Waals surface area contributed by atoms with Crippen molar-refractivity contribution in [2.45, 2.75) is 25.5 Å². The van der Waals surface area contributed by atoms with Gasteiger partial charge in [-0.3, -0.25) is 4.90 Å². The molecule has 0 saturated carbocycles. The smallest absolute Gasteiger partial charge is 0.163 e. The summed E-state index contributed by atoms with van der Waals surface area (Å²) >= 11 is 6.00. The molecular weight excluding hydrogens is 300 g/mol. The lowest BCUT2D eigenvalue weighted by molar-refractivity contribution is -0.0513. The standard InChI is InChI=1S/C16H21ClN4O/c1-3-14(12-4-6-13(17)7-5-12)21-8-9-22-15(10-21)16-19-18-11-20(16)2/h4-7,11,14-15H,3,8-10H2,1-2H3/t14-,15+/m1/s1. The average molecular weight is 321 g/mol. The van der Waals surface area contributed by atoms with Crippen molar-refractivity contribution in [2.24, 2.45) is 7.05 Å². The highest BCUT2D eigenvalue weighted by Gasteiger charge is 2.29. The molecule has 0 N–H and O–H groups in total. The predicted molar refractivity (Wildman–Crippen MR) is 85.8 cm³/mol. The third-order valence-electron chi connectivity index (χ3n) is 4.21. The Morgan fingerprint density at radius 1 is 1.36 bits per heavy atom. The van der Waals surface area contributed by atoms with Gasteiger partial charge in [0.1, 0.15) is 12.4 Å². The Labute approximate surface area is 135 Å². The van der Waals surface area contributed by atoms with Gasteiger partial charge >= 0.3 is 0 Å². The van der Waals surface area contributed by atoms with Gasteiger partial charge in [0.25, 0.3) is 0 Å². The summed E-state index contributed by atoms with van der Waals surface area (Å²) in [6.45, 7) is 4.68. The zero-order chi connectivity index (χ0) is 15.5. The van der Waals surface area contributed by atoms with Gasteiger partial charge in [-0.15, -0.1) is 10.2 Å². The SMILES string of the molecule is CC[C@H](c1ccc(Cl)cc1)N1CCO[C@H](c2nncn2C)C1. The monoisotopic (exact) mass is 320 g/mol. The van der Waals surface area contributed by atoms with Gasteiger partial charge in [0.2, 0.25) is 0 Å². The fraction of sp³-hybridized carbons (Fsp3) is 0.500. The topological polar surface area (TPSA) is 43.2 Å². The molecule has 22 heavy (non-hydrogen) atoms. The number of benzene rings is 1. The normalized spacial score (nSPS) is 21.0. The Kier molecular flexibility index (Phi) is 4.76. The van der Waals surface area contributed by atoms with Crippen molar-refractivity contribution in [1.29, 1.82) is 0 Å². The minimum atomic E-state index is -0.0254. The third-order valence-corrected chi connectivity index (χ3v) is 4.47. The highest BCUT2D eigenvalue weighted by Crippen LogP contribution is 2.30. The van der Waals surface area contributed by atoms with Crippen LogP contribution in [0.4, 0.5) is 0 Å². The summed E-state index contributed by atoms with van der Waals surface area (Å²) in [6.07, 6.45) is 2.74. The lowest BCUT2D eigenvalue weighted by Gasteiger charge is -2.37. The van der Waals surface area contributed by atoms with Crippen LogP contribution in [0.15, 0.2) is 30.6 Å². The Morgan fingerprint density at radius 2 is 2.14 bits per heavy atom. The van der Waals surface area contributed by atoms with Gasteiger partial charge in [-0.25, -0.2) is 0 Å².